The zero-order valence-electron chi connectivity index (χ0n) is 17.4. The molecule has 1 aromatic heterocycles. The van der Waals surface area contributed by atoms with Crippen molar-refractivity contribution < 1.29 is 9.59 Å². The highest BCUT2D eigenvalue weighted by Crippen LogP contribution is 2.20. The van der Waals surface area contributed by atoms with Gasteiger partial charge >= 0.3 is 0 Å². The first-order chi connectivity index (χ1) is 15.0. The minimum Gasteiger partial charge on any atom is -0.325 e. The Bertz CT molecular complexity index is 1050. The molecule has 162 valence electrons. The Morgan fingerprint density at radius 1 is 1.00 bits per heavy atom. The fourth-order valence-corrected chi connectivity index (χ4v) is 4.11. The number of rotatable bonds is 9. The summed E-state index contributed by atoms with van der Waals surface area (Å²) in [7, 11) is 0. The van der Waals surface area contributed by atoms with Crippen LogP contribution in [0.3, 0.4) is 0 Å². The number of nitrogens with zero attached hydrogens (tertiary/aromatic N) is 3. The maximum Gasteiger partial charge on any atom is 0.234 e. The minimum absolute atomic E-state index is 0.116. The predicted molar refractivity (Wildman–Crippen MR) is 127 cm³/mol. The molecule has 0 aliphatic rings. The fraction of sp³-hybridized carbons (Fsp3) is 0.273. The molecule has 0 fully saturated rings. The lowest BCUT2D eigenvalue weighted by molar-refractivity contribution is -0.116. The van der Waals surface area contributed by atoms with E-state index in [-0.39, 0.29) is 24.0 Å². The monoisotopic (exact) mass is 501 g/mol. The number of hydrogen-bond acceptors (Lipinski definition) is 5. The largest absolute Gasteiger partial charge is 0.325 e. The molecule has 0 unspecified atom stereocenters. The van der Waals surface area contributed by atoms with Crippen LogP contribution in [-0.2, 0) is 29.0 Å². The van der Waals surface area contributed by atoms with Crippen LogP contribution in [0.1, 0.15) is 25.2 Å². The van der Waals surface area contributed by atoms with Crippen molar-refractivity contribution in [3.8, 4) is 0 Å². The molecule has 0 saturated carbocycles. The van der Waals surface area contributed by atoms with Gasteiger partial charge in [-0.1, -0.05) is 52.8 Å². The molecule has 31 heavy (non-hydrogen) atoms. The lowest BCUT2D eigenvalue weighted by atomic mass is 10.1. The number of amides is 2. The lowest BCUT2D eigenvalue weighted by Gasteiger charge is -2.10. The van der Waals surface area contributed by atoms with E-state index in [1.54, 1.807) is 0 Å². The molecule has 3 rings (SSSR count). The summed E-state index contributed by atoms with van der Waals surface area (Å²) in [4.78, 5) is 24.8. The molecule has 0 aliphatic heterocycles. The van der Waals surface area contributed by atoms with Gasteiger partial charge in [-0.25, -0.2) is 0 Å². The molecule has 0 spiro atoms. The first-order valence-corrected chi connectivity index (χ1v) is 11.8. The molecule has 2 aromatic carbocycles. The van der Waals surface area contributed by atoms with Gasteiger partial charge in [0.05, 0.1) is 12.2 Å². The first-order valence-electron chi connectivity index (χ1n) is 9.98. The topological polar surface area (TPSA) is 88.9 Å². The van der Waals surface area contributed by atoms with Crippen molar-refractivity contribution in [3.05, 3.63) is 64.4 Å². The molecule has 9 heteroatoms. The van der Waals surface area contributed by atoms with E-state index < -0.39 is 0 Å². The molecule has 0 atom stereocenters. The summed E-state index contributed by atoms with van der Waals surface area (Å²) in [6, 6.07) is 15.1. The number of aryl methyl sites for hydroxylation is 1. The van der Waals surface area contributed by atoms with E-state index in [2.05, 4.69) is 43.7 Å². The summed E-state index contributed by atoms with van der Waals surface area (Å²) in [5, 5.41) is 14.8. The van der Waals surface area contributed by atoms with Crippen molar-refractivity contribution in [2.75, 3.05) is 16.4 Å². The quantitative estimate of drug-likeness (QED) is 0.420. The van der Waals surface area contributed by atoms with E-state index in [0.717, 1.165) is 27.8 Å². The van der Waals surface area contributed by atoms with Gasteiger partial charge in [0.2, 0.25) is 11.8 Å². The molecule has 0 saturated heterocycles. The third-order valence-corrected chi connectivity index (χ3v) is 6.06. The molecule has 2 amide bonds. The van der Waals surface area contributed by atoms with Crippen LogP contribution in [0.5, 0.6) is 0 Å². The standard InChI is InChI=1S/C22H24BrN5O2S/c1-3-15-7-5-6-8-18(15)25-20(29)13-19-26-27-22(28(19)4-2)31-14-21(30)24-17-11-9-16(23)10-12-17/h5-12H,3-4,13-14H2,1-2H3,(H,24,30)(H,25,29). The molecule has 0 bridgehead atoms. The van der Waals surface area contributed by atoms with E-state index in [9.17, 15) is 9.59 Å². The van der Waals surface area contributed by atoms with E-state index in [1.807, 2.05) is 60.0 Å². The van der Waals surface area contributed by atoms with Crippen molar-refractivity contribution in [1.82, 2.24) is 14.8 Å². The van der Waals surface area contributed by atoms with Gasteiger partial charge < -0.3 is 15.2 Å². The van der Waals surface area contributed by atoms with Gasteiger partial charge in [0.15, 0.2) is 5.16 Å². The number of aromatic nitrogens is 3. The summed E-state index contributed by atoms with van der Waals surface area (Å²) in [5.41, 5.74) is 2.63. The maximum atomic E-state index is 12.6. The number of benzene rings is 2. The summed E-state index contributed by atoms with van der Waals surface area (Å²) in [6.45, 7) is 4.62. The highest BCUT2D eigenvalue weighted by atomic mass is 79.9. The zero-order valence-corrected chi connectivity index (χ0v) is 19.8. The van der Waals surface area contributed by atoms with Crippen molar-refractivity contribution in [3.63, 3.8) is 0 Å². The minimum atomic E-state index is -0.146. The highest BCUT2D eigenvalue weighted by molar-refractivity contribution is 9.10. The van der Waals surface area contributed by atoms with E-state index in [1.165, 1.54) is 11.8 Å². The second-order valence-electron chi connectivity index (χ2n) is 6.72. The molecule has 3 aromatic rings. The number of hydrogen-bond donors (Lipinski definition) is 2. The molecular weight excluding hydrogens is 478 g/mol. The van der Waals surface area contributed by atoms with Crippen LogP contribution in [0.2, 0.25) is 0 Å². The number of carbonyl (C=O) groups excluding carboxylic acids is 2. The van der Waals surface area contributed by atoms with Gasteiger partial charge in [0.25, 0.3) is 0 Å². The van der Waals surface area contributed by atoms with Gasteiger partial charge in [-0.15, -0.1) is 10.2 Å². The summed E-state index contributed by atoms with van der Waals surface area (Å²) < 4.78 is 2.81. The van der Waals surface area contributed by atoms with Crippen LogP contribution in [-0.4, -0.2) is 32.3 Å². The Hall–Kier alpha value is -2.65. The molecule has 0 radical (unpaired) electrons. The number of thioether (sulfide) groups is 1. The number of anilines is 2. The zero-order chi connectivity index (χ0) is 22.2. The smallest absolute Gasteiger partial charge is 0.234 e. The SMILES string of the molecule is CCc1ccccc1NC(=O)Cc1nnc(SCC(=O)Nc2ccc(Br)cc2)n1CC. The van der Waals surface area contributed by atoms with Crippen molar-refractivity contribution in [1.29, 1.82) is 0 Å². The lowest BCUT2D eigenvalue weighted by Crippen LogP contribution is -2.18. The van der Waals surface area contributed by atoms with Gasteiger partial charge in [0.1, 0.15) is 5.82 Å². The Kier molecular flexibility index (Phi) is 8.25. The molecule has 1 heterocycles. The van der Waals surface area contributed by atoms with Gasteiger partial charge in [-0.2, -0.15) is 0 Å². The average Bonchev–Trinajstić information content (AvgIpc) is 3.15. The summed E-state index contributed by atoms with van der Waals surface area (Å²) >= 11 is 4.67. The second-order valence-corrected chi connectivity index (χ2v) is 8.58. The van der Waals surface area contributed by atoms with Crippen molar-refractivity contribution >= 4 is 50.9 Å². The van der Waals surface area contributed by atoms with Crippen LogP contribution < -0.4 is 10.6 Å². The Morgan fingerprint density at radius 2 is 1.74 bits per heavy atom. The van der Waals surface area contributed by atoms with Crippen molar-refractivity contribution in [2.24, 2.45) is 0 Å². The summed E-state index contributed by atoms with van der Waals surface area (Å²) in [5.74, 6) is 0.496. The first kappa shape index (κ1) is 23.0. The van der Waals surface area contributed by atoms with Crippen LogP contribution in [0, 0.1) is 0 Å². The van der Waals surface area contributed by atoms with E-state index >= 15 is 0 Å². The third kappa shape index (κ3) is 6.41. The van der Waals surface area contributed by atoms with E-state index in [0.29, 0.717) is 17.5 Å². The van der Waals surface area contributed by atoms with Crippen LogP contribution in [0.25, 0.3) is 0 Å². The van der Waals surface area contributed by atoms with Crippen LogP contribution in [0.15, 0.2) is 58.2 Å². The fourth-order valence-electron chi connectivity index (χ4n) is 3.02. The Morgan fingerprint density at radius 3 is 2.45 bits per heavy atom. The van der Waals surface area contributed by atoms with Gasteiger partial charge in [0, 0.05) is 22.4 Å². The molecule has 2 N–H and O–H groups in total. The maximum absolute atomic E-state index is 12.6. The number of halogens is 1. The predicted octanol–water partition coefficient (Wildman–Crippen LogP) is 4.53. The number of nitrogens with one attached hydrogen (secondary N) is 2. The number of para-hydroxylation sites is 1. The Balaban J connectivity index is 1.59. The van der Waals surface area contributed by atoms with E-state index in [4.69, 9.17) is 0 Å². The third-order valence-electron chi connectivity index (χ3n) is 4.56. The van der Waals surface area contributed by atoms with Crippen molar-refractivity contribution in [2.45, 2.75) is 38.4 Å². The number of carbonyl (C=O) groups is 2. The average molecular weight is 502 g/mol. The second kappa shape index (κ2) is 11.1. The summed E-state index contributed by atoms with van der Waals surface area (Å²) in [6.07, 6.45) is 0.954. The molecule has 0 aliphatic carbocycles. The Labute approximate surface area is 194 Å². The normalized spacial score (nSPS) is 10.7. The van der Waals surface area contributed by atoms with Crippen LogP contribution in [0.4, 0.5) is 11.4 Å². The molecule has 7 nitrogen and oxygen atoms in total. The van der Waals surface area contributed by atoms with Gasteiger partial charge in [-0.3, -0.25) is 9.59 Å². The molecular formula is C22H24BrN5O2S. The van der Waals surface area contributed by atoms with Crippen LogP contribution >= 0.6 is 27.7 Å². The highest BCUT2D eigenvalue weighted by Gasteiger charge is 2.16. The van der Waals surface area contributed by atoms with Gasteiger partial charge in [-0.05, 0) is 49.2 Å².